The van der Waals surface area contributed by atoms with Crippen LogP contribution in [-0.2, 0) is 9.53 Å². The van der Waals surface area contributed by atoms with Gasteiger partial charge in [0.2, 0.25) is 0 Å². The average Bonchev–Trinajstić information content (AvgIpc) is 2.93. The number of alkyl halides is 3. The summed E-state index contributed by atoms with van der Waals surface area (Å²) < 4.78 is 41.9. The van der Waals surface area contributed by atoms with E-state index in [2.05, 4.69) is 4.74 Å². The molecule has 1 saturated carbocycles. The molecule has 1 N–H and O–H groups in total. The minimum atomic E-state index is -4.55. The first-order chi connectivity index (χ1) is 7.33. The van der Waals surface area contributed by atoms with Crippen LogP contribution in [0.25, 0.3) is 0 Å². The van der Waals surface area contributed by atoms with Gasteiger partial charge < -0.3 is 9.84 Å². The van der Waals surface area contributed by atoms with Crippen LogP contribution in [0.1, 0.15) is 12.8 Å². The van der Waals surface area contributed by atoms with Crippen LogP contribution in [0.3, 0.4) is 0 Å². The molecule has 0 atom stereocenters. The van der Waals surface area contributed by atoms with Crippen molar-refractivity contribution in [3.8, 4) is 0 Å². The number of aliphatic hydroxyl groups is 1. The highest BCUT2D eigenvalue weighted by molar-refractivity contribution is 5.98. The zero-order valence-corrected chi connectivity index (χ0v) is 8.54. The highest BCUT2D eigenvalue weighted by Gasteiger charge is 2.67. The molecule has 16 heavy (non-hydrogen) atoms. The van der Waals surface area contributed by atoms with Crippen LogP contribution in [0.4, 0.5) is 13.2 Å². The predicted octanol–water partition coefficient (Wildman–Crippen LogP) is 2.50. The third-order valence-electron chi connectivity index (χ3n) is 2.42. The molecule has 1 fully saturated rings. The quantitative estimate of drug-likeness (QED) is 0.463. The number of hydrogen-bond donors (Lipinski definition) is 1. The average molecular weight is 236 g/mol. The highest BCUT2D eigenvalue weighted by Crippen LogP contribution is 2.58. The minimum Gasteiger partial charge on any atom is -0.508 e. The lowest BCUT2D eigenvalue weighted by Gasteiger charge is -2.15. The number of ketones is 1. The van der Waals surface area contributed by atoms with Gasteiger partial charge in [0.15, 0.2) is 5.78 Å². The Morgan fingerprint density at radius 1 is 1.44 bits per heavy atom. The summed E-state index contributed by atoms with van der Waals surface area (Å²) in [6.45, 7) is 0. The van der Waals surface area contributed by atoms with Crippen molar-refractivity contribution in [1.82, 2.24) is 0 Å². The standard InChI is InChI=1S/C10H11F3O3/c1-16-5-2-7(14)6-8(15)9(3-4-9)10(11,12)13/h2,5-6,14H,3-4H2,1H3. The van der Waals surface area contributed by atoms with E-state index in [1.807, 2.05) is 0 Å². The van der Waals surface area contributed by atoms with Crippen molar-refractivity contribution in [2.24, 2.45) is 5.41 Å². The van der Waals surface area contributed by atoms with Crippen molar-refractivity contribution in [1.29, 1.82) is 0 Å². The number of methoxy groups -OCH3 is 1. The molecule has 0 aromatic carbocycles. The molecule has 90 valence electrons. The molecule has 3 nitrogen and oxygen atoms in total. The van der Waals surface area contributed by atoms with Crippen LogP contribution in [-0.4, -0.2) is 24.2 Å². The van der Waals surface area contributed by atoms with Gasteiger partial charge in [-0.15, -0.1) is 0 Å². The van der Waals surface area contributed by atoms with E-state index in [4.69, 9.17) is 5.11 Å². The molecule has 0 saturated heterocycles. The second kappa shape index (κ2) is 4.19. The van der Waals surface area contributed by atoms with Gasteiger partial charge in [-0.25, -0.2) is 0 Å². The third-order valence-corrected chi connectivity index (χ3v) is 2.42. The molecule has 0 heterocycles. The van der Waals surface area contributed by atoms with E-state index in [-0.39, 0.29) is 12.8 Å². The lowest BCUT2D eigenvalue weighted by atomic mass is 10.00. The maximum absolute atomic E-state index is 12.5. The summed E-state index contributed by atoms with van der Waals surface area (Å²) in [6.07, 6.45) is -2.33. The molecule has 0 aromatic rings. The molecular formula is C10H11F3O3. The number of hydrogen-bond acceptors (Lipinski definition) is 3. The van der Waals surface area contributed by atoms with E-state index in [0.717, 1.165) is 12.3 Å². The number of rotatable bonds is 4. The largest absolute Gasteiger partial charge is 0.508 e. The molecule has 0 aromatic heterocycles. The third kappa shape index (κ3) is 2.37. The fourth-order valence-electron chi connectivity index (χ4n) is 1.25. The number of halogens is 3. The van der Waals surface area contributed by atoms with Gasteiger partial charge in [0.05, 0.1) is 13.4 Å². The topological polar surface area (TPSA) is 46.5 Å². The summed E-state index contributed by atoms with van der Waals surface area (Å²) in [7, 11) is 1.31. The van der Waals surface area contributed by atoms with Gasteiger partial charge >= 0.3 is 6.18 Å². The molecule has 1 aliphatic rings. The molecule has 6 heteroatoms. The molecule has 0 unspecified atom stereocenters. The van der Waals surface area contributed by atoms with Crippen LogP contribution in [0.5, 0.6) is 0 Å². The minimum absolute atomic E-state index is 0.215. The van der Waals surface area contributed by atoms with E-state index in [0.29, 0.717) is 6.08 Å². The summed E-state index contributed by atoms with van der Waals surface area (Å²) in [5, 5.41) is 9.11. The zero-order valence-electron chi connectivity index (χ0n) is 8.54. The second-order valence-electron chi connectivity index (χ2n) is 3.55. The Labute approximate surface area is 90.2 Å². The second-order valence-corrected chi connectivity index (χ2v) is 3.55. The van der Waals surface area contributed by atoms with Gasteiger partial charge in [0.25, 0.3) is 0 Å². The van der Waals surface area contributed by atoms with Crippen LogP contribution < -0.4 is 0 Å². The summed E-state index contributed by atoms with van der Waals surface area (Å²) in [5.41, 5.74) is -2.28. The van der Waals surface area contributed by atoms with Gasteiger partial charge in [0.1, 0.15) is 11.2 Å². The Bertz CT molecular complexity index is 338. The van der Waals surface area contributed by atoms with E-state index >= 15 is 0 Å². The smallest absolute Gasteiger partial charge is 0.401 e. The van der Waals surface area contributed by atoms with Gasteiger partial charge in [0, 0.05) is 12.2 Å². The first-order valence-corrected chi connectivity index (χ1v) is 4.55. The van der Waals surface area contributed by atoms with Crippen molar-refractivity contribution >= 4 is 5.78 Å². The maximum Gasteiger partial charge on any atom is 0.401 e. The van der Waals surface area contributed by atoms with E-state index < -0.39 is 23.1 Å². The summed E-state index contributed by atoms with van der Waals surface area (Å²) in [6, 6.07) is 0. The Morgan fingerprint density at radius 2 is 2.00 bits per heavy atom. The number of carbonyl (C=O) groups is 1. The lowest BCUT2D eigenvalue weighted by molar-refractivity contribution is -0.188. The number of aliphatic hydroxyl groups excluding tert-OH is 1. The molecule has 0 aliphatic heterocycles. The van der Waals surface area contributed by atoms with Crippen molar-refractivity contribution in [3.63, 3.8) is 0 Å². The fourth-order valence-corrected chi connectivity index (χ4v) is 1.25. The van der Waals surface area contributed by atoms with Gasteiger partial charge in [-0.3, -0.25) is 4.79 Å². The Kier molecular flexibility index (Phi) is 3.30. The fraction of sp³-hybridized carbons (Fsp3) is 0.500. The van der Waals surface area contributed by atoms with E-state index in [9.17, 15) is 18.0 Å². The molecule has 1 aliphatic carbocycles. The Hall–Kier alpha value is -1.46. The monoisotopic (exact) mass is 236 g/mol. The summed E-state index contributed by atoms with van der Waals surface area (Å²) >= 11 is 0. The van der Waals surface area contributed by atoms with Crippen LogP contribution >= 0.6 is 0 Å². The van der Waals surface area contributed by atoms with Crippen LogP contribution in [0, 0.1) is 5.41 Å². The van der Waals surface area contributed by atoms with Crippen molar-refractivity contribution in [2.75, 3.05) is 7.11 Å². The van der Waals surface area contributed by atoms with E-state index in [1.165, 1.54) is 7.11 Å². The van der Waals surface area contributed by atoms with Crippen LogP contribution in [0.15, 0.2) is 24.2 Å². The van der Waals surface area contributed by atoms with Crippen molar-refractivity contribution < 1.29 is 27.8 Å². The lowest BCUT2D eigenvalue weighted by Crippen LogP contribution is -2.31. The summed E-state index contributed by atoms with van der Waals surface area (Å²) in [4.78, 5) is 11.3. The number of ether oxygens (including phenoxy) is 1. The maximum atomic E-state index is 12.5. The first kappa shape index (κ1) is 12.6. The Morgan fingerprint density at radius 3 is 2.38 bits per heavy atom. The number of carbonyl (C=O) groups excluding carboxylic acids is 1. The molecular weight excluding hydrogens is 225 g/mol. The van der Waals surface area contributed by atoms with Crippen molar-refractivity contribution in [3.05, 3.63) is 24.2 Å². The van der Waals surface area contributed by atoms with Crippen LogP contribution in [0.2, 0.25) is 0 Å². The van der Waals surface area contributed by atoms with Crippen molar-refractivity contribution in [2.45, 2.75) is 19.0 Å². The van der Waals surface area contributed by atoms with E-state index in [1.54, 1.807) is 0 Å². The SMILES string of the molecule is COC=CC(O)=CC(=O)C1(C(F)(F)F)CC1. The normalized spacial score (nSPS) is 19.9. The zero-order chi connectivity index (χ0) is 12.4. The summed E-state index contributed by atoms with van der Waals surface area (Å²) in [5.74, 6) is -1.67. The van der Waals surface area contributed by atoms with Gasteiger partial charge in [-0.1, -0.05) is 0 Å². The van der Waals surface area contributed by atoms with Gasteiger partial charge in [-0.05, 0) is 12.8 Å². The molecule has 0 amide bonds. The number of allylic oxidation sites excluding steroid dienone is 2. The Balaban J connectivity index is 2.77. The molecule has 0 bridgehead atoms. The first-order valence-electron chi connectivity index (χ1n) is 4.55. The highest BCUT2D eigenvalue weighted by atomic mass is 19.4. The van der Waals surface area contributed by atoms with Gasteiger partial charge in [-0.2, -0.15) is 13.2 Å². The molecule has 0 spiro atoms. The molecule has 0 radical (unpaired) electrons. The predicted molar refractivity (Wildman–Crippen MR) is 49.6 cm³/mol. The molecule has 1 rings (SSSR count).